The fourth-order valence-corrected chi connectivity index (χ4v) is 4.37. The number of H-pyrrole nitrogens is 1. The van der Waals surface area contributed by atoms with Gasteiger partial charge in [-0.3, -0.25) is 4.79 Å². The van der Waals surface area contributed by atoms with Crippen molar-refractivity contribution in [1.82, 2.24) is 19.8 Å². The molecule has 3 aromatic rings. The number of aromatic amines is 1. The number of hydrogen-bond acceptors (Lipinski definition) is 5. The number of unbranched alkanes of at least 4 members (excludes halogenated alkanes) is 3. The number of rotatable bonds is 9. The highest BCUT2D eigenvalue weighted by molar-refractivity contribution is 5.94. The minimum atomic E-state index is -0.533. The van der Waals surface area contributed by atoms with Crippen molar-refractivity contribution in [2.24, 2.45) is 0 Å². The van der Waals surface area contributed by atoms with Crippen LogP contribution >= 0.6 is 0 Å². The van der Waals surface area contributed by atoms with Crippen LogP contribution < -0.4 is 4.74 Å². The molecule has 0 spiro atoms. The predicted octanol–water partition coefficient (Wildman–Crippen LogP) is 5.44. The number of fused-ring (bicyclic) bond motifs is 1. The average Bonchev–Trinajstić information content (AvgIpc) is 3.31. The van der Waals surface area contributed by atoms with E-state index in [1.54, 1.807) is 9.80 Å². The maximum atomic E-state index is 13.0. The lowest BCUT2D eigenvalue weighted by Gasteiger charge is -2.35. The summed E-state index contributed by atoms with van der Waals surface area (Å²) in [6.07, 6.45) is 5.10. The van der Waals surface area contributed by atoms with Crippen LogP contribution in [-0.2, 0) is 11.2 Å². The molecule has 1 aliphatic rings. The van der Waals surface area contributed by atoms with Crippen LogP contribution in [0.25, 0.3) is 11.0 Å². The number of aromatic nitrogens is 2. The molecule has 1 N–H and O–H groups in total. The molecule has 0 radical (unpaired) electrons. The van der Waals surface area contributed by atoms with E-state index >= 15 is 0 Å². The van der Waals surface area contributed by atoms with Crippen molar-refractivity contribution in [2.45, 2.75) is 58.5 Å². The van der Waals surface area contributed by atoms with Crippen LogP contribution in [0, 0.1) is 0 Å². The Morgan fingerprint density at radius 1 is 0.919 bits per heavy atom. The summed E-state index contributed by atoms with van der Waals surface area (Å²) in [6, 6.07) is 16.1. The zero-order chi connectivity index (χ0) is 26.3. The first-order valence-corrected chi connectivity index (χ1v) is 13.2. The Morgan fingerprint density at radius 2 is 1.62 bits per heavy atom. The molecule has 1 aliphatic heterocycles. The predicted molar refractivity (Wildman–Crippen MR) is 144 cm³/mol. The molecule has 8 nitrogen and oxygen atoms in total. The molecule has 1 aromatic heterocycles. The summed E-state index contributed by atoms with van der Waals surface area (Å²) in [5.41, 5.74) is 2.37. The van der Waals surface area contributed by atoms with Crippen molar-refractivity contribution in [3.8, 4) is 5.75 Å². The van der Waals surface area contributed by atoms with E-state index in [1.807, 2.05) is 57.2 Å². The molecule has 0 saturated carbocycles. The normalized spacial score (nSPS) is 14.1. The van der Waals surface area contributed by atoms with Gasteiger partial charge < -0.3 is 24.3 Å². The number of nitrogens with one attached hydrogen (secondary N) is 1. The zero-order valence-electron chi connectivity index (χ0n) is 22.2. The van der Waals surface area contributed by atoms with Gasteiger partial charge >= 0.3 is 6.09 Å². The monoisotopic (exact) mass is 506 g/mol. The lowest BCUT2D eigenvalue weighted by Crippen LogP contribution is -2.51. The van der Waals surface area contributed by atoms with E-state index in [2.05, 4.69) is 22.1 Å². The van der Waals surface area contributed by atoms with Crippen LogP contribution in [0.1, 0.15) is 62.6 Å². The quantitative estimate of drug-likeness (QED) is 0.391. The third kappa shape index (κ3) is 7.71. The zero-order valence-corrected chi connectivity index (χ0v) is 22.2. The molecule has 37 heavy (non-hydrogen) atoms. The van der Waals surface area contributed by atoms with Crippen molar-refractivity contribution in [3.05, 3.63) is 59.9 Å². The van der Waals surface area contributed by atoms with E-state index in [-0.39, 0.29) is 12.0 Å². The van der Waals surface area contributed by atoms with Crippen molar-refractivity contribution in [2.75, 3.05) is 32.8 Å². The highest BCUT2D eigenvalue weighted by Gasteiger charge is 2.29. The molecule has 0 bridgehead atoms. The standard InChI is InChI=1S/C29H38N4O4/c1-29(2,3)37-28(35)33-18-16-32(17-19-33)27(34)26-30-24-15-14-22(21-25(24)31-26)11-7-4-5-10-20-36-23-12-8-6-9-13-23/h6,8-9,12-15,21H,4-5,7,10-11,16-20H2,1-3H3,(H,30,31). The summed E-state index contributed by atoms with van der Waals surface area (Å²) in [5.74, 6) is 1.13. The fraction of sp³-hybridized carbons (Fsp3) is 0.483. The molecule has 1 fully saturated rings. The first-order valence-electron chi connectivity index (χ1n) is 13.2. The number of aryl methyl sites for hydroxylation is 1. The molecule has 1 saturated heterocycles. The van der Waals surface area contributed by atoms with Gasteiger partial charge in [0.25, 0.3) is 5.91 Å². The third-order valence-corrected chi connectivity index (χ3v) is 6.34. The van der Waals surface area contributed by atoms with Gasteiger partial charge in [0.05, 0.1) is 17.6 Å². The molecule has 198 valence electrons. The Bertz CT molecular complexity index is 1180. The van der Waals surface area contributed by atoms with Gasteiger partial charge in [0.2, 0.25) is 0 Å². The van der Waals surface area contributed by atoms with Crippen LogP contribution in [0.3, 0.4) is 0 Å². The van der Waals surface area contributed by atoms with Crippen LogP contribution in [0.5, 0.6) is 5.75 Å². The van der Waals surface area contributed by atoms with Gasteiger partial charge in [0.15, 0.2) is 5.82 Å². The molecule has 0 atom stereocenters. The maximum Gasteiger partial charge on any atom is 0.410 e. The molecular weight excluding hydrogens is 468 g/mol. The lowest BCUT2D eigenvalue weighted by atomic mass is 10.1. The number of carbonyl (C=O) groups is 2. The molecule has 8 heteroatoms. The van der Waals surface area contributed by atoms with Gasteiger partial charge in [0.1, 0.15) is 11.4 Å². The van der Waals surface area contributed by atoms with E-state index in [0.717, 1.165) is 55.5 Å². The number of para-hydroxylation sites is 1. The topological polar surface area (TPSA) is 87.8 Å². The molecule has 0 aliphatic carbocycles. The molecule has 2 aromatic carbocycles. The molecule has 2 heterocycles. The summed E-state index contributed by atoms with van der Waals surface area (Å²) >= 11 is 0. The van der Waals surface area contributed by atoms with Gasteiger partial charge in [-0.05, 0) is 69.9 Å². The molecule has 2 amide bonds. The number of hydrogen-bond donors (Lipinski definition) is 1. The summed E-state index contributed by atoms with van der Waals surface area (Å²) < 4.78 is 11.2. The third-order valence-electron chi connectivity index (χ3n) is 6.34. The Labute approximate surface area is 219 Å². The van der Waals surface area contributed by atoms with E-state index in [0.29, 0.717) is 32.0 Å². The first-order chi connectivity index (χ1) is 17.8. The summed E-state index contributed by atoms with van der Waals surface area (Å²) in [7, 11) is 0. The Morgan fingerprint density at radius 3 is 2.35 bits per heavy atom. The maximum absolute atomic E-state index is 13.0. The highest BCUT2D eigenvalue weighted by Crippen LogP contribution is 2.18. The number of imidazole rings is 1. The van der Waals surface area contributed by atoms with Crippen molar-refractivity contribution < 1.29 is 19.1 Å². The van der Waals surface area contributed by atoms with Crippen LogP contribution in [-0.4, -0.2) is 70.2 Å². The van der Waals surface area contributed by atoms with Gasteiger partial charge in [-0.25, -0.2) is 9.78 Å². The Kier molecular flexibility index (Phi) is 8.69. The van der Waals surface area contributed by atoms with E-state index < -0.39 is 5.60 Å². The second-order valence-corrected chi connectivity index (χ2v) is 10.5. The SMILES string of the molecule is CC(C)(C)OC(=O)N1CCN(C(=O)c2nc3ccc(CCCCCCOc4ccccc4)cc3[nH]2)CC1. The van der Waals surface area contributed by atoms with Gasteiger partial charge in [-0.2, -0.15) is 0 Å². The van der Waals surface area contributed by atoms with Crippen LogP contribution in [0.2, 0.25) is 0 Å². The number of piperazine rings is 1. The average molecular weight is 507 g/mol. The number of carbonyl (C=O) groups excluding carboxylic acids is 2. The lowest BCUT2D eigenvalue weighted by molar-refractivity contribution is 0.0139. The van der Waals surface area contributed by atoms with E-state index in [1.165, 1.54) is 5.56 Å². The van der Waals surface area contributed by atoms with Crippen molar-refractivity contribution >= 4 is 23.0 Å². The van der Waals surface area contributed by atoms with Crippen LogP contribution in [0.4, 0.5) is 4.79 Å². The Balaban J connectivity index is 1.21. The number of nitrogens with zero attached hydrogens (tertiary/aromatic N) is 3. The van der Waals surface area contributed by atoms with Gasteiger partial charge in [-0.1, -0.05) is 37.1 Å². The molecular formula is C29H38N4O4. The van der Waals surface area contributed by atoms with Gasteiger partial charge in [-0.15, -0.1) is 0 Å². The van der Waals surface area contributed by atoms with Crippen molar-refractivity contribution in [1.29, 1.82) is 0 Å². The number of ether oxygens (including phenoxy) is 2. The minimum absolute atomic E-state index is 0.140. The smallest absolute Gasteiger partial charge is 0.410 e. The summed E-state index contributed by atoms with van der Waals surface area (Å²) in [5, 5.41) is 0. The number of amides is 2. The van der Waals surface area contributed by atoms with Crippen molar-refractivity contribution in [3.63, 3.8) is 0 Å². The first kappa shape index (κ1) is 26.5. The minimum Gasteiger partial charge on any atom is -0.494 e. The summed E-state index contributed by atoms with van der Waals surface area (Å²) in [6.45, 7) is 8.10. The second kappa shape index (κ2) is 12.1. The number of benzene rings is 2. The fourth-order valence-electron chi connectivity index (χ4n) is 4.37. The largest absolute Gasteiger partial charge is 0.494 e. The molecule has 0 unspecified atom stereocenters. The van der Waals surface area contributed by atoms with E-state index in [9.17, 15) is 9.59 Å². The van der Waals surface area contributed by atoms with Crippen LogP contribution in [0.15, 0.2) is 48.5 Å². The van der Waals surface area contributed by atoms with E-state index in [4.69, 9.17) is 9.47 Å². The van der Waals surface area contributed by atoms with Gasteiger partial charge in [0, 0.05) is 26.2 Å². The summed E-state index contributed by atoms with van der Waals surface area (Å²) in [4.78, 5) is 36.4. The Hall–Kier alpha value is -3.55. The second-order valence-electron chi connectivity index (χ2n) is 10.5. The molecule has 4 rings (SSSR count). The highest BCUT2D eigenvalue weighted by atomic mass is 16.6.